The predicted molar refractivity (Wildman–Crippen MR) is 120 cm³/mol. The van der Waals surface area contributed by atoms with E-state index in [1.54, 1.807) is 25.3 Å². The molecule has 2 aromatic carbocycles. The number of hydrogen-bond donors (Lipinski definition) is 3. The second kappa shape index (κ2) is 9.69. The molecule has 9 nitrogen and oxygen atoms in total. The molecule has 1 aromatic heterocycles. The quantitative estimate of drug-likeness (QED) is 0.516. The number of aromatic nitrogens is 2. The van der Waals surface area contributed by atoms with E-state index in [2.05, 4.69) is 25.9 Å². The predicted octanol–water partition coefficient (Wildman–Crippen LogP) is 2.94. The summed E-state index contributed by atoms with van der Waals surface area (Å²) in [5, 5.41) is 9.94. The van der Waals surface area contributed by atoms with E-state index in [1.165, 1.54) is 6.33 Å². The summed E-state index contributed by atoms with van der Waals surface area (Å²) in [5.74, 6) is 1.14. The number of nitrogens with zero attached hydrogens (tertiary/aromatic N) is 2. The Morgan fingerprint density at radius 2 is 1.91 bits per heavy atom. The monoisotopic (exact) mass is 455 g/mol. The summed E-state index contributed by atoms with van der Waals surface area (Å²) in [6.45, 7) is 0.471. The van der Waals surface area contributed by atoms with Crippen molar-refractivity contribution in [1.82, 2.24) is 20.6 Å². The number of ether oxygens (including phenoxy) is 2. The van der Waals surface area contributed by atoms with Crippen LogP contribution in [0.5, 0.6) is 11.5 Å². The minimum absolute atomic E-state index is 0.0967. The van der Waals surface area contributed by atoms with Crippen LogP contribution in [0.4, 0.5) is 11.5 Å². The standard InChI is InChI=1S/C22H22ClN5O4/c1-31-18-9-15-8-16-21(18)26-12-27-22(16)28-17-7-14(23)5-4-13(17)10-24-20(30)11-25-19(29)3-2-6-32-15/h4-5,7-9,12H,2-3,6,10-11H2,1H3,(H,24,30)(H,25,29)(H,26,27,28). The molecular weight excluding hydrogens is 434 g/mol. The highest BCUT2D eigenvalue weighted by Crippen LogP contribution is 2.35. The first kappa shape index (κ1) is 21.6. The minimum Gasteiger partial charge on any atom is -0.494 e. The molecule has 0 aliphatic carbocycles. The highest BCUT2D eigenvalue weighted by atomic mass is 35.5. The van der Waals surface area contributed by atoms with E-state index in [9.17, 15) is 9.59 Å². The molecule has 0 atom stereocenters. The average molecular weight is 456 g/mol. The van der Waals surface area contributed by atoms with Crippen LogP contribution in [0.15, 0.2) is 36.7 Å². The summed E-state index contributed by atoms with van der Waals surface area (Å²) in [7, 11) is 1.56. The highest BCUT2D eigenvalue weighted by molar-refractivity contribution is 6.30. The minimum atomic E-state index is -0.291. The fourth-order valence-corrected chi connectivity index (χ4v) is 3.51. The molecule has 1 aliphatic heterocycles. The Hall–Kier alpha value is -3.59. The smallest absolute Gasteiger partial charge is 0.239 e. The summed E-state index contributed by atoms with van der Waals surface area (Å²) in [5.41, 5.74) is 2.09. The molecule has 0 radical (unpaired) electrons. The van der Waals surface area contributed by atoms with Crippen molar-refractivity contribution in [2.75, 3.05) is 25.6 Å². The Bertz CT molecular complexity index is 1170. The topological polar surface area (TPSA) is 114 Å². The summed E-state index contributed by atoms with van der Waals surface area (Å²) >= 11 is 6.22. The lowest BCUT2D eigenvalue weighted by Gasteiger charge is -2.15. The summed E-state index contributed by atoms with van der Waals surface area (Å²) in [6, 6.07) is 8.89. The van der Waals surface area contributed by atoms with Crippen LogP contribution in [0, 0.1) is 0 Å². The lowest BCUT2D eigenvalue weighted by Crippen LogP contribution is -2.36. The third-order valence-electron chi connectivity index (χ3n) is 4.96. The van der Waals surface area contributed by atoms with Gasteiger partial charge in [-0.1, -0.05) is 17.7 Å². The van der Waals surface area contributed by atoms with Gasteiger partial charge in [0.2, 0.25) is 11.8 Å². The first-order valence-corrected chi connectivity index (χ1v) is 10.5. The number of rotatable bonds is 1. The van der Waals surface area contributed by atoms with Crippen LogP contribution >= 0.6 is 11.6 Å². The second-order valence-electron chi connectivity index (χ2n) is 7.18. The molecule has 3 aromatic rings. The molecule has 3 N–H and O–H groups in total. The van der Waals surface area contributed by atoms with Crippen molar-refractivity contribution in [2.24, 2.45) is 0 Å². The lowest BCUT2D eigenvalue weighted by atomic mass is 10.1. The lowest BCUT2D eigenvalue weighted by molar-refractivity contribution is -0.126. The molecule has 0 fully saturated rings. The van der Waals surface area contributed by atoms with E-state index in [-0.39, 0.29) is 31.3 Å². The molecule has 2 bridgehead atoms. The van der Waals surface area contributed by atoms with Gasteiger partial charge in [-0.2, -0.15) is 0 Å². The fraction of sp³-hybridized carbons (Fsp3) is 0.273. The summed E-state index contributed by atoms with van der Waals surface area (Å²) in [4.78, 5) is 32.9. The third-order valence-corrected chi connectivity index (χ3v) is 5.20. The van der Waals surface area contributed by atoms with Gasteiger partial charge in [-0.3, -0.25) is 9.59 Å². The zero-order valence-electron chi connectivity index (χ0n) is 17.4. The molecule has 1 aliphatic rings. The van der Waals surface area contributed by atoms with Crippen molar-refractivity contribution < 1.29 is 19.1 Å². The molecule has 2 amide bonds. The Kier molecular flexibility index (Phi) is 6.55. The summed E-state index contributed by atoms with van der Waals surface area (Å²) in [6.07, 6.45) is 2.18. The molecule has 4 rings (SSSR count). The summed E-state index contributed by atoms with van der Waals surface area (Å²) < 4.78 is 11.4. The average Bonchev–Trinajstić information content (AvgIpc) is 2.79. The van der Waals surface area contributed by atoms with E-state index < -0.39 is 0 Å². The van der Waals surface area contributed by atoms with Crippen molar-refractivity contribution in [1.29, 1.82) is 0 Å². The zero-order valence-corrected chi connectivity index (χ0v) is 18.2. The van der Waals surface area contributed by atoms with Crippen LogP contribution in [0.1, 0.15) is 18.4 Å². The molecule has 10 heteroatoms. The molecule has 32 heavy (non-hydrogen) atoms. The Morgan fingerprint density at radius 1 is 1.06 bits per heavy atom. The van der Waals surface area contributed by atoms with Gasteiger partial charge in [-0.15, -0.1) is 0 Å². The van der Waals surface area contributed by atoms with E-state index in [4.69, 9.17) is 21.1 Å². The normalized spacial score (nSPS) is 15.1. The van der Waals surface area contributed by atoms with Gasteiger partial charge in [0.1, 0.15) is 29.2 Å². The number of hydrogen-bond acceptors (Lipinski definition) is 7. The number of anilines is 2. The third kappa shape index (κ3) is 5.00. The maximum absolute atomic E-state index is 12.2. The van der Waals surface area contributed by atoms with Crippen LogP contribution in [0.3, 0.4) is 0 Å². The van der Waals surface area contributed by atoms with Crippen molar-refractivity contribution in [3.63, 3.8) is 0 Å². The number of carbonyl (C=O) groups excluding carboxylic acids is 2. The fourth-order valence-electron chi connectivity index (χ4n) is 3.34. The van der Waals surface area contributed by atoms with Gasteiger partial charge in [0.15, 0.2) is 0 Å². The van der Waals surface area contributed by atoms with Gasteiger partial charge in [0, 0.05) is 29.7 Å². The van der Waals surface area contributed by atoms with Gasteiger partial charge in [0.05, 0.1) is 25.6 Å². The molecule has 0 saturated heterocycles. The van der Waals surface area contributed by atoms with E-state index in [0.717, 1.165) is 5.56 Å². The molecule has 0 saturated carbocycles. The zero-order chi connectivity index (χ0) is 22.5. The number of amides is 2. The Labute approximate surface area is 189 Å². The van der Waals surface area contributed by atoms with Crippen LogP contribution in [0.2, 0.25) is 5.02 Å². The van der Waals surface area contributed by atoms with Crippen LogP contribution in [0.25, 0.3) is 10.9 Å². The number of nitrogens with one attached hydrogen (secondary N) is 3. The van der Waals surface area contributed by atoms with Crippen LogP contribution in [-0.4, -0.2) is 42.0 Å². The number of carbonyl (C=O) groups is 2. The number of benzene rings is 2. The van der Waals surface area contributed by atoms with Crippen LogP contribution in [-0.2, 0) is 16.1 Å². The highest BCUT2D eigenvalue weighted by Gasteiger charge is 2.15. The molecular formula is C22H22ClN5O4. The van der Waals surface area contributed by atoms with Crippen molar-refractivity contribution in [2.45, 2.75) is 19.4 Å². The van der Waals surface area contributed by atoms with Gasteiger partial charge >= 0.3 is 0 Å². The van der Waals surface area contributed by atoms with Crippen molar-refractivity contribution in [3.05, 3.63) is 47.2 Å². The first-order chi connectivity index (χ1) is 15.5. The maximum Gasteiger partial charge on any atom is 0.239 e. The van der Waals surface area contributed by atoms with Crippen LogP contribution < -0.4 is 25.4 Å². The van der Waals surface area contributed by atoms with Gasteiger partial charge in [-0.05, 0) is 30.2 Å². The molecule has 166 valence electrons. The van der Waals surface area contributed by atoms with Gasteiger partial charge < -0.3 is 25.4 Å². The molecule has 2 heterocycles. The SMILES string of the molecule is COc1cc2cc3c(ncnc13)Nc1cc(Cl)ccc1CNC(=O)CNC(=O)CCCO2. The van der Waals surface area contributed by atoms with Crippen molar-refractivity contribution in [3.8, 4) is 11.5 Å². The number of fused-ring (bicyclic) bond motifs is 2. The van der Waals surface area contributed by atoms with Crippen molar-refractivity contribution >= 4 is 45.8 Å². The van der Waals surface area contributed by atoms with E-state index in [0.29, 0.717) is 52.0 Å². The first-order valence-electron chi connectivity index (χ1n) is 10.1. The molecule has 0 unspecified atom stereocenters. The number of halogens is 1. The van der Waals surface area contributed by atoms with Gasteiger partial charge in [0.25, 0.3) is 0 Å². The Balaban J connectivity index is 1.78. The second-order valence-corrected chi connectivity index (χ2v) is 7.61. The largest absolute Gasteiger partial charge is 0.494 e. The maximum atomic E-state index is 12.2. The number of methoxy groups -OCH3 is 1. The molecule has 0 spiro atoms. The van der Waals surface area contributed by atoms with E-state index in [1.807, 2.05) is 12.1 Å². The van der Waals surface area contributed by atoms with Gasteiger partial charge in [-0.25, -0.2) is 9.97 Å². The Morgan fingerprint density at radius 3 is 2.75 bits per heavy atom. The van der Waals surface area contributed by atoms with E-state index >= 15 is 0 Å².